The summed E-state index contributed by atoms with van der Waals surface area (Å²) in [6.07, 6.45) is 3.50. The van der Waals surface area contributed by atoms with Crippen LogP contribution in [0.25, 0.3) is 10.2 Å². The van der Waals surface area contributed by atoms with Gasteiger partial charge in [-0.3, -0.25) is 9.69 Å². The van der Waals surface area contributed by atoms with E-state index in [-0.39, 0.29) is 12.0 Å². The molecular weight excluding hydrogens is 372 g/mol. The van der Waals surface area contributed by atoms with Crippen LogP contribution < -0.4 is 9.64 Å². The highest BCUT2D eigenvalue weighted by Crippen LogP contribution is 2.35. The molecule has 146 valence electrons. The molecule has 0 radical (unpaired) electrons. The number of aromatic nitrogens is 1. The van der Waals surface area contributed by atoms with E-state index in [1.807, 2.05) is 55.5 Å². The van der Waals surface area contributed by atoms with Gasteiger partial charge < -0.3 is 9.47 Å². The number of carbonyl (C=O) groups is 1. The second-order valence-corrected chi connectivity index (χ2v) is 7.80. The van der Waals surface area contributed by atoms with Gasteiger partial charge in [0.2, 0.25) is 5.91 Å². The van der Waals surface area contributed by atoms with Gasteiger partial charge in [-0.25, -0.2) is 4.98 Å². The van der Waals surface area contributed by atoms with Crippen molar-refractivity contribution in [2.75, 3.05) is 18.1 Å². The van der Waals surface area contributed by atoms with E-state index in [0.717, 1.165) is 47.5 Å². The Balaban J connectivity index is 1.62. The molecule has 1 aliphatic rings. The van der Waals surface area contributed by atoms with E-state index in [9.17, 15) is 4.79 Å². The summed E-state index contributed by atoms with van der Waals surface area (Å²) in [5.74, 6) is 0.834. The van der Waals surface area contributed by atoms with E-state index < -0.39 is 0 Å². The van der Waals surface area contributed by atoms with Crippen molar-refractivity contribution < 1.29 is 14.3 Å². The minimum Gasteiger partial charge on any atom is -0.494 e. The van der Waals surface area contributed by atoms with Crippen molar-refractivity contribution in [3.05, 3.63) is 48.5 Å². The van der Waals surface area contributed by atoms with Gasteiger partial charge in [0, 0.05) is 13.0 Å². The predicted molar refractivity (Wildman–Crippen MR) is 113 cm³/mol. The van der Waals surface area contributed by atoms with Crippen molar-refractivity contribution in [2.24, 2.45) is 0 Å². The quantitative estimate of drug-likeness (QED) is 0.542. The van der Waals surface area contributed by atoms with Crippen LogP contribution in [0.5, 0.6) is 5.75 Å². The molecule has 1 saturated heterocycles. The number of thiazole rings is 1. The van der Waals surface area contributed by atoms with Crippen LogP contribution in [-0.4, -0.2) is 30.2 Å². The monoisotopic (exact) mass is 396 g/mol. The minimum atomic E-state index is 0.0405. The maximum absolute atomic E-state index is 13.2. The Hall–Kier alpha value is -2.44. The van der Waals surface area contributed by atoms with Gasteiger partial charge in [0.25, 0.3) is 0 Å². The molecule has 1 fully saturated rings. The van der Waals surface area contributed by atoms with Crippen LogP contribution in [0, 0.1) is 0 Å². The van der Waals surface area contributed by atoms with Crippen LogP contribution in [0.2, 0.25) is 0 Å². The molecule has 3 aromatic rings. The second kappa shape index (κ2) is 8.71. The summed E-state index contributed by atoms with van der Waals surface area (Å²) >= 11 is 1.53. The molecule has 5 nitrogen and oxygen atoms in total. The molecule has 2 aromatic carbocycles. The number of carbonyl (C=O) groups excluding carboxylic acids is 1. The van der Waals surface area contributed by atoms with Gasteiger partial charge in [-0.15, -0.1) is 0 Å². The highest BCUT2D eigenvalue weighted by Gasteiger charge is 2.24. The number of hydrogen-bond donors (Lipinski definition) is 0. The van der Waals surface area contributed by atoms with Gasteiger partial charge in [-0.05, 0) is 62.6 Å². The third-order valence-electron chi connectivity index (χ3n) is 4.83. The van der Waals surface area contributed by atoms with Gasteiger partial charge in [-0.2, -0.15) is 0 Å². The first-order valence-electron chi connectivity index (χ1n) is 9.77. The number of para-hydroxylation sites is 1. The van der Waals surface area contributed by atoms with Crippen molar-refractivity contribution in [3.63, 3.8) is 0 Å². The molecule has 0 saturated carbocycles. The molecule has 4 rings (SSSR count). The van der Waals surface area contributed by atoms with Crippen LogP contribution in [0.1, 0.15) is 32.6 Å². The second-order valence-electron chi connectivity index (χ2n) is 6.79. The Bertz CT molecular complexity index is 899. The number of ether oxygens (including phenoxy) is 2. The van der Waals surface area contributed by atoms with E-state index in [4.69, 9.17) is 14.5 Å². The third kappa shape index (κ3) is 4.18. The summed E-state index contributed by atoms with van der Waals surface area (Å²) in [6, 6.07) is 15.6. The smallest absolute Gasteiger partial charge is 0.233 e. The van der Waals surface area contributed by atoms with Crippen molar-refractivity contribution >= 4 is 38.3 Å². The van der Waals surface area contributed by atoms with Crippen LogP contribution in [-0.2, 0) is 9.53 Å². The largest absolute Gasteiger partial charge is 0.494 e. The Morgan fingerprint density at radius 3 is 2.79 bits per heavy atom. The molecule has 1 atom stereocenters. The lowest BCUT2D eigenvalue weighted by molar-refractivity contribution is -0.118. The van der Waals surface area contributed by atoms with E-state index in [0.29, 0.717) is 18.2 Å². The number of rotatable bonds is 7. The van der Waals surface area contributed by atoms with Crippen LogP contribution in [0.3, 0.4) is 0 Å². The zero-order chi connectivity index (χ0) is 19.3. The molecule has 0 spiro atoms. The fraction of sp³-hybridized carbons (Fsp3) is 0.364. The lowest BCUT2D eigenvalue weighted by atomic mass is 10.1. The van der Waals surface area contributed by atoms with Crippen molar-refractivity contribution in [2.45, 2.75) is 38.7 Å². The first-order valence-corrected chi connectivity index (χ1v) is 10.6. The van der Waals surface area contributed by atoms with E-state index in [1.54, 1.807) is 4.90 Å². The summed E-state index contributed by atoms with van der Waals surface area (Å²) in [7, 11) is 0. The Kier molecular flexibility index (Phi) is 5.88. The SMILES string of the molecule is CCOc1ccc(N(C(=O)CCC2CCCO2)c2nc3ccccc3s2)cc1. The number of hydrogen-bond acceptors (Lipinski definition) is 5. The molecule has 2 heterocycles. The number of amides is 1. The lowest BCUT2D eigenvalue weighted by Gasteiger charge is -2.21. The standard InChI is InChI=1S/C22H24N2O3S/c1-2-26-18-11-9-16(10-12-18)24(21(25)14-13-17-6-5-15-27-17)22-23-19-7-3-4-8-20(19)28-22/h3-4,7-12,17H,2,5-6,13-15H2,1H3. The Morgan fingerprint density at radius 1 is 1.25 bits per heavy atom. The van der Waals surface area contributed by atoms with Gasteiger partial charge in [-0.1, -0.05) is 23.5 Å². The average Bonchev–Trinajstić information content (AvgIpc) is 3.37. The zero-order valence-electron chi connectivity index (χ0n) is 16.0. The molecule has 28 heavy (non-hydrogen) atoms. The maximum atomic E-state index is 13.2. The van der Waals surface area contributed by atoms with Crippen molar-refractivity contribution in [3.8, 4) is 5.75 Å². The molecule has 1 unspecified atom stereocenters. The molecule has 6 heteroatoms. The highest BCUT2D eigenvalue weighted by atomic mass is 32.1. The summed E-state index contributed by atoms with van der Waals surface area (Å²) in [5.41, 5.74) is 1.71. The highest BCUT2D eigenvalue weighted by molar-refractivity contribution is 7.22. The molecule has 0 N–H and O–H groups in total. The van der Waals surface area contributed by atoms with E-state index >= 15 is 0 Å². The molecule has 1 amide bonds. The number of nitrogens with zero attached hydrogens (tertiary/aromatic N) is 2. The fourth-order valence-corrected chi connectivity index (χ4v) is 4.45. The van der Waals surface area contributed by atoms with Crippen LogP contribution in [0.4, 0.5) is 10.8 Å². The number of benzene rings is 2. The summed E-state index contributed by atoms with van der Waals surface area (Å²) in [4.78, 5) is 19.6. The normalized spacial score (nSPS) is 16.4. The van der Waals surface area contributed by atoms with Crippen LogP contribution in [0.15, 0.2) is 48.5 Å². The average molecular weight is 397 g/mol. The molecule has 1 aliphatic heterocycles. The summed E-state index contributed by atoms with van der Waals surface area (Å²) < 4.78 is 12.3. The number of fused-ring (bicyclic) bond motifs is 1. The zero-order valence-corrected chi connectivity index (χ0v) is 16.8. The molecule has 0 aliphatic carbocycles. The molecular formula is C22H24N2O3S. The van der Waals surface area contributed by atoms with E-state index in [1.165, 1.54) is 11.3 Å². The lowest BCUT2D eigenvalue weighted by Crippen LogP contribution is -2.26. The first-order chi connectivity index (χ1) is 13.7. The van der Waals surface area contributed by atoms with Crippen LogP contribution >= 0.6 is 11.3 Å². The first kappa shape index (κ1) is 18.9. The van der Waals surface area contributed by atoms with E-state index in [2.05, 4.69) is 0 Å². The van der Waals surface area contributed by atoms with Gasteiger partial charge in [0.1, 0.15) is 5.75 Å². The minimum absolute atomic E-state index is 0.0405. The summed E-state index contributed by atoms with van der Waals surface area (Å²) in [6.45, 7) is 3.37. The predicted octanol–water partition coefficient (Wildman–Crippen LogP) is 5.32. The summed E-state index contributed by atoms with van der Waals surface area (Å²) in [5, 5.41) is 0.697. The van der Waals surface area contributed by atoms with Crippen molar-refractivity contribution in [1.82, 2.24) is 4.98 Å². The fourth-order valence-electron chi connectivity index (χ4n) is 3.44. The topological polar surface area (TPSA) is 51.7 Å². The third-order valence-corrected chi connectivity index (χ3v) is 5.85. The molecule has 1 aromatic heterocycles. The van der Waals surface area contributed by atoms with Gasteiger partial charge in [0.15, 0.2) is 5.13 Å². The van der Waals surface area contributed by atoms with Gasteiger partial charge >= 0.3 is 0 Å². The molecule has 0 bridgehead atoms. The van der Waals surface area contributed by atoms with Gasteiger partial charge in [0.05, 0.1) is 28.6 Å². The number of anilines is 2. The maximum Gasteiger partial charge on any atom is 0.233 e. The Labute approximate surface area is 168 Å². The van der Waals surface area contributed by atoms with Crippen molar-refractivity contribution in [1.29, 1.82) is 0 Å². The Morgan fingerprint density at radius 2 is 2.07 bits per heavy atom.